The number of carbonyl (C=O) groups is 2. The number of carbonyl (C=O) groups excluding carboxylic acids is 2. The molecule has 8 aliphatic rings. The number of morpholine rings is 1. The summed E-state index contributed by atoms with van der Waals surface area (Å²) in [6.07, 6.45) is 11.3. The van der Waals surface area contributed by atoms with Crippen molar-refractivity contribution in [2.75, 3.05) is 19.7 Å². The van der Waals surface area contributed by atoms with Gasteiger partial charge in [-0.1, -0.05) is 27.7 Å². The summed E-state index contributed by atoms with van der Waals surface area (Å²) >= 11 is 0. The number of hydrogen-bond donors (Lipinski definition) is 3. The Morgan fingerprint density at radius 2 is 1.76 bits per heavy atom. The third kappa shape index (κ3) is 4.36. The van der Waals surface area contributed by atoms with Gasteiger partial charge in [0.2, 0.25) is 11.8 Å². The maximum Gasteiger partial charge on any atom is 0.223 e. The van der Waals surface area contributed by atoms with Crippen molar-refractivity contribution in [1.29, 1.82) is 0 Å². The molecule has 8 fully saturated rings. The van der Waals surface area contributed by atoms with Crippen molar-refractivity contribution < 1.29 is 28.9 Å². The van der Waals surface area contributed by atoms with Gasteiger partial charge in [0.25, 0.3) is 0 Å². The van der Waals surface area contributed by atoms with Crippen LogP contribution in [-0.4, -0.2) is 77.8 Å². The van der Waals surface area contributed by atoms with E-state index in [0.29, 0.717) is 56.7 Å². The van der Waals surface area contributed by atoms with E-state index in [-0.39, 0.29) is 69.9 Å². The van der Waals surface area contributed by atoms with Gasteiger partial charge in [-0.2, -0.15) is 0 Å². The molecule has 5 N–H and O–H groups in total. The fraction of sp³-hybridized carbons (Fsp3) is 0.946. The van der Waals surface area contributed by atoms with E-state index in [2.05, 4.69) is 27.7 Å². The number of aliphatic hydroxyl groups excluding tert-OH is 1. The summed E-state index contributed by atoms with van der Waals surface area (Å²) in [5.74, 6) is 1.95. The first-order valence-corrected chi connectivity index (χ1v) is 18.7. The number of rotatable bonds is 7. The highest BCUT2D eigenvalue weighted by atomic mass is 16.7. The van der Waals surface area contributed by atoms with Crippen molar-refractivity contribution in [2.24, 2.45) is 62.7 Å². The number of hydrogen-bond acceptors (Lipinski definition) is 7. The van der Waals surface area contributed by atoms with Gasteiger partial charge in [-0.15, -0.1) is 0 Å². The molecular formula is C37H59N3O6. The molecule has 46 heavy (non-hydrogen) atoms. The summed E-state index contributed by atoms with van der Waals surface area (Å²) in [5.41, 5.74) is 12.7. The molecule has 2 saturated heterocycles. The number of amides is 2. The number of aliphatic hydroxyl groups is 1. The van der Waals surface area contributed by atoms with Gasteiger partial charge in [0, 0.05) is 19.4 Å². The van der Waals surface area contributed by atoms with Crippen LogP contribution in [-0.2, 0) is 23.8 Å². The Hall–Kier alpha value is -1.26. The van der Waals surface area contributed by atoms with Gasteiger partial charge in [0.05, 0.1) is 43.1 Å². The molecule has 6 aliphatic carbocycles. The van der Waals surface area contributed by atoms with E-state index in [1.165, 1.54) is 25.7 Å². The smallest absolute Gasteiger partial charge is 0.223 e. The Balaban J connectivity index is 0.995. The summed E-state index contributed by atoms with van der Waals surface area (Å²) in [4.78, 5) is 26.4. The number of ether oxygens (including phenoxy) is 3. The van der Waals surface area contributed by atoms with Crippen LogP contribution in [0.4, 0.5) is 0 Å². The van der Waals surface area contributed by atoms with E-state index in [9.17, 15) is 14.7 Å². The highest BCUT2D eigenvalue weighted by molar-refractivity contribution is 5.76. The van der Waals surface area contributed by atoms with E-state index >= 15 is 0 Å². The molecule has 6 saturated carbocycles. The average Bonchev–Trinajstić information content (AvgIpc) is 3.93. The van der Waals surface area contributed by atoms with E-state index in [1.54, 1.807) is 0 Å². The lowest BCUT2D eigenvalue weighted by molar-refractivity contribution is -0.245. The van der Waals surface area contributed by atoms with Crippen molar-refractivity contribution in [3.63, 3.8) is 0 Å². The maximum atomic E-state index is 12.9. The quantitative estimate of drug-likeness (QED) is 0.380. The Labute approximate surface area is 275 Å². The predicted molar refractivity (Wildman–Crippen MR) is 172 cm³/mol. The molecule has 0 aromatic carbocycles. The lowest BCUT2D eigenvalue weighted by atomic mass is 9.43. The van der Waals surface area contributed by atoms with Gasteiger partial charge >= 0.3 is 0 Å². The molecular weight excluding hydrogens is 582 g/mol. The molecule has 2 amide bonds. The van der Waals surface area contributed by atoms with Gasteiger partial charge in [-0.05, 0) is 122 Å². The van der Waals surface area contributed by atoms with Crippen LogP contribution in [0.1, 0.15) is 111 Å². The molecule has 8 rings (SSSR count). The van der Waals surface area contributed by atoms with Crippen LogP contribution in [0.2, 0.25) is 0 Å². The minimum absolute atomic E-state index is 0.0214. The summed E-state index contributed by atoms with van der Waals surface area (Å²) in [7, 11) is 0. The minimum Gasteiger partial charge on any atom is -0.388 e. The molecule has 13 unspecified atom stereocenters. The normalized spacial score (nSPS) is 52.0. The monoisotopic (exact) mass is 641 g/mol. The maximum absolute atomic E-state index is 12.9. The highest BCUT2D eigenvalue weighted by Gasteiger charge is 2.85. The second kappa shape index (κ2) is 10.6. The van der Waals surface area contributed by atoms with Crippen LogP contribution in [0.25, 0.3) is 0 Å². The summed E-state index contributed by atoms with van der Waals surface area (Å²) in [6.45, 7) is 11.3. The van der Waals surface area contributed by atoms with Crippen molar-refractivity contribution in [3.8, 4) is 0 Å². The number of nitrogens with two attached hydrogens (primary N) is 2. The SMILES string of the molecule is CC1CC(CCC(N)=O)OC2C1C1(C)CCC34CC35CCC(OC3CN(C(=O)CC6CC6)CCO3)C(C)(C)C5CCC4C1(N)C2O. The Kier molecular flexibility index (Phi) is 7.38. The molecule has 2 aliphatic heterocycles. The van der Waals surface area contributed by atoms with Crippen molar-refractivity contribution in [2.45, 2.75) is 147 Å². The third-order valence-corrected chi connectivity index (χ3v) is 15.9. The fourth-order valence-corrected chi connectivity index (χ4v) is 13.6. The van der Waals surface area contributed by atoms with Crippen LogP contribution in [0.5, 0.6) is 0 Å². The zero-order chi connectivity index (χ0) is 32.4. The van der Waals surface area contributed by atoms with Crippen molar-refractivity contribution >= 4 is 11.8 Å². The Morgan fingerprint density at radius 1 is 1.02 bits per heavy atom. The average molecular weight is 642 g/mol. The molecule has 2 heterocycles. The first-order valence-electron chi connectivity index (χ1n) is 18.7. The zero-order valence-corrected chi connectivity index (χ0v) is 28.7. The lowest BCUT2D eigenvalue weighted by Crippen LogP contribution is -2.70. The highest BCUT2D eigenvalue weighted by Crippen LogP contribution is 2.87. The largest absolute Gasteiger partial charge is 0.388 e. The van der Waals surface area contributed by atoms with Crippen molar-refractivity contribution in [1.82, 2.24) is 4.90 Å². The zero-order valence-electron chi connectivity index (χ0n) is 28.7. The first-order chi connectivity index (χ1) is 21.8. The molecule has 9 nitrogen and oxygen atoms in total. The second-order valence-corrected chi connectivity index (χ2v) is 18.2. The minimum atomic E-state index is -0.709. The van der Waals surface area contributed by atoms with E-state index in [1.807, 2.05) is 4.90 Å². The van der Waals surface area contributed by atoms with E-state index in [4.69, 9.17) is 25.7 Å². The first kappa shape index (κ1) is 32.0. The standard InChI is InChI=1S/C37H59N3O6/c1-21-17-23(7-10-27(38)41)45-31-30(21)34(4)13-14-36-20-35(36)12-11-26(33(2,3)24(35)8-9-25(36)37(34,39)32(31)43)46-29-19-40(15-16-44-29)28(42)18-22-5-6-22/h21-26,29-32,43H,5-20,39H2,1-4H3,(H2,38,41). The van der Waals surface area contributed by atoms with Gasteiger partial charge in [-0.25, -0.2) is 0 Å². The van der Waals surface area contributed by atoms with Gasteiger partial charge in [0.1, 0.15) is 0 Å². The number of primary amides is 1. The van der Waals surface area contributed by atoms with Gasteiger partial charge < -0.3 is 35.7 Å². The van der Waals surface area contributed by atoms with Crippen LogP contribution in [0.15, 0.2) is 0 Å². The molecule has 0 bridgehead atoms. The van der Waals surface area contributed by atoms with E-state index in [0.717, 1.165) is 38.5 Å². The number of fused-ring (bicyclic) bond motifs is 4. The summed E-state index contributed by atoms with van der Waals surface area (Å²) in [5, 5.41) is 12.3. The molecule has 0 radical (unpaired) electrons. The van der Waals surface area contributed by atoms with Gasteiger partial charge in [-0.3, -0.25) is 9.59 Å². The van der Waals surface area contributed by atoms with E-state index < -0.39 is 11.6 Å². The molecule has 0 aromatic rings. The lowest BCUT2D eigenvalue weighted by Gasteiger charge is -2.63. The van der Waals surface area contributed by atoms with Crippen LogP contribution in [0, 0.1) is 51.2 Å². The Morgan fingerprint density at radius 3 is 2.50 bits per heavy atom. The fourth-order valence-electron chi connectivity index (χ4n) is 13.6. The van der Waals surface area contributed by atoms with Gasteiger partial charge in [0.15, 0.2) is 6.29 Å². The summed E-state index contributed by atoms with van der Waals surface area (Å²) in [6, 6.07) is 0. The molecule has 2 spiro atoms. The second-order valence-electron chi connectivity index (χ2n) is 18.2. The Bertz CT molecular complexity index is 1260. The number of nitrogens with zero attached hydrogens (tertiary/aromatic N) is 1. The van der Waals surface area contributed by atoms with Crippen LogP contribution >= 0.6 is 0 Å². The molecule has 0 aromatic heterocycles. The van der Waals surface area contributed by atoms with Crippen LogP contribution in [0.3, 0.4) is 0 Å². The molecule has 13 atom stereocenters. The molecule has 258 valence electrons. The topological polar surface area (TPSA) is 137 Å². The third-order valence-electron chi connectivity index (χ3n) is 15.9. The summed E-state index contributed by atoms with van der Waals surface area (Å²) < 4.78 is 19.6. The molecule has 9 heteroatoms. The van der Waals surface area contributed by atoms with Crippen LogP contribution < -0.4 is 11.5 Å². The predicted octanol–water partition coefficient (Wildman–Crippen LogP) is 4.13. The van der Waals surface area contributed by atoms with Crippen molar-refractivity contribution in [3.05, 3.63) is 0 Å².